The fourth-order valence-corrected chi connectivity index (χ4v) is 3.14. The molecular weight excluding hydrogens is 330 g/mol. The van der Waals surface area contributed by atoms with Gasteiger partial charge in [-0.3, -0.25) is 4.90 Å². The van der Waals surface area contributed by atoms with Gasteiger partial charge >= 0.3 is 0 Å². The summed E-state index contributed by atoms with van der Waals surface area (Å²) < 4.78 is 7.20. The number of benzene rings is 1. The first-order chi connectivity index (χ1) is 12.8. The molecule has 2 N–H and O–H groups in total. The number of rotatable bonds is 6. The normalized spacial score (nSPS) is 15.4. The molecule has 0 spiro atoms. The smallest absolute Gasteiger partial charge is 0.154 e. The fourth-order valence-electron chi connectivity index (χ4n) is 3.14. The van der Waals surface area contributed by atoms with E-state index in [-0.39, 0.29) is 5.75 Å². The first-order valence-corrected chi connectivity index (χ1v) is 8.98. The lowest BCUT2D eigenvalue weighted by Crippen LogP contribution is -2.37. The van der Waals surface area contributed by atoms with Gasteiger partial charge in [0.25, 0.3) is 0 Å². The zero-order valence-electron chi connectivity index (χ0n) is 14.6. The number of nitrogens with zero attached hydrogens (tertiary/aromatic N) is 4. The maximum Gasteiger partial charge on any atom is 0.154 e. The molecule has 3 aromatic rings. The van der Waals surface area contributed by atoms with E-state index in [1.807, 2.05) is 28.8 Å². The second kappa shape index (κ2) is 7.72. The van der Waals surface area contributed by atoms with E-state index in [0.717, 1.165) is 68.5 Å². The van der Waals surface area contributed by atoms with Gasteiger partial charge in [0.2, 0.25) is 0 Å². The van der Waals surface area contributed by atoms with E-state index in [4.69, 9.17) is 4.74 Å². The second-order valence-electron chi connectivity index (χ2n) is 6.41. The van der Waals surface area contributed by atoms with E-state index in [1.165, 1.54) is 0 Å². The number of morpholine rings is 1. The lowest BCUT2D eigenvalue weighted by molar-refractivity contribution is 0.0378. The summed E-state index contributed by atoms with van der Waals surface area (Å²) in [6.07, 6.45) is 2.87. The van der Waals surface area contributed by atoms with Gasteiger partial charge in [0.05, 0.1) is 25.1 Å². The van der Waals surface area contributed by atoms with Crippen LogP contribution in [0.3, 0.4) is 0 Å². The number of phenolic OH excluding ortho intramolecular Hbond substituents is 1. The standard InChI is InChI=1S/C19H23N5O2/c25-16-4-2-15(3-5-16)17-14-21-19-7-6-18(22-24(17)19)20-8-1-9-23-10-12-26-13-11-23/h2-7,14,25H,1,8-13H2,(H,20,22). The number of hydrogen-bond donors (Lipinski definition) is 2. The van der Waals surface area contributed by atoms with Gasteiger partial charge in [-0.1, -0.05) is 0 Å². The highest BCUT2D eigenvalue weighted by Crippen LogP contribution is 2.22. The monoisotopic (exact) mass is 353 g/mol. The Kier molecular flexibility index (Phi) is 4.99. The van der Waals surface area contributed by atoms with E-state index in [2.05, 4.69) is 20.3 Å². The Labute approximate surface area is 152 Å². The van der Waals surface area contributed by atoms with E-state index >= 15 is 0 Å². The molecule has 0 bridgehead atoms. The maximum absolute atomic E-state index is 9.47. The summed E-state index contributed by atoms with van der Waals surface area (Å²) in [6, 6.07) is 11.0. The van der Waals surface area contributed by atoms with Gasteiger partial charge in [-0.25, -0.2) is 9.50 Å². The Balaban J connectivity index is 1.41. The van der Waals surface area contributed by atoms with Crippen molar-refractivity contribution in [2.45, 2.75) is 6.42 Å². The van der Waals surface area contributed by atoms with Crippen LogP contribution in [0.4, 0.5) is 5.82 Å². The second-order valence-corrected chi connectivity index (χ2v) is 6.41. The highest BCUT2D eigenvalue weighted by Gasteiger charge is 2.10. The number of aromatic hydroxyl groups is 1. The average molecular weight is 353 g/mol. The molecule has 4 rings (SSSR count). The molecule has 7 heteroatoms. The molecule has 1 aliphatic rings. The quantitative estimate of drug-likeness (QED) is 0.662. The molecule has 0 aliphatic carbocycles. The van der Waals surface area contributed by atoms with Crippen molar-refractivity contribution in [1.82, 2.24) is 19.5 Å². The van der Waals surface area contributed by atoms with Crippen LogP contribution < -0.4 is 5.32 Å². The van der Waals surface area contributed by atoms with Crippen LogP contribution in [0.2, 0.25) is 0 Å². The maximum atomic E-state index is 9.47. The number of aromatic nitrogens is 3. The van der Waals surface area contributed by atoms with Gasteiger partial charge in [-0.05, 0) is 49.4 Å². The predicted octanol–water partition coefficient (Wildman–Crippen LogP) is 2.24. The van der Waals surface area contributed by atoms with Crippen molar-refractivity contribution in [3.63, 3.8) is 0 Å². The minimum Gasteiger partial charge on any atom is -0.508 e. The van der Waals surface area contributed by atoms with Crippen molar-refractivity contribution in [2.24, 2.45) is 0 Å². The fraction of sp³-hybridized carbons (Fsp3) is 0.368. The third kappa shape index (κ3) is 3.79. The number of phenols is 1. The van der Waals surface area contributed by atoms with E-state index in [0.29, 0.717) is 0 Å². The Morgan fingerprint density at radius 2 is 1.88 bits per heavy atom. The first-order valence-electron chi connectivity index (χ1n) is 8.98. The predicted molar refractivity (Wildman–Crippen MR) is 100 cm³/mol. The SMILES string of the molecule is Oc1ccc(-c2cnc3ccc(NCCCN4CCOCC4)nn23)cc1. The van der Waals surface area contributed by atoms with E-state index in [9.17, 15) is 5.11 Å². The van der Waals surface area contributed by atoms with Crippen LogP contribution in [0.25, 0.3) is 16.9 Å². The van der Waals surface area contributed by atoms with E-state index < -0.39 is 0 Å². The Bertz CT molecular complexity index is 856. The van der Waals surface area contributed by atoms with Crippen molar-refractivity contribution < 1.29 is 9.84 Å². The van der Waals surface area contributed by atoms with Gasteiger partial charge in [-0.15, -0.1) is 5.10 Å². The Morgan fingerprint density at radius 1 is 1.08 bits per heavy atom. The molecule has 0 saturated carbocycles. The molecule has 26 heavy (non-hydrogen) atoms. The lowest BCUT2D eigenvalue weighted by atomic mass is 10.2. The summed E-state index contributed by atoms with van der Waals surface area (Å²) in [4.78, 5) is 6.84. The van der Waals surface area contributed by atoms with Crippen LogP contribution in [0, 0.1) is 0 Å². The molecule has 0 atom stereocenters. The number of ether oxygens (including phenoxy) is 1. The molecule has 0 amide bonds. The minimum absolute atomic E-state index is 0.248. The third-order valence-corrected chi connectivity index (χ3v) is 4.59. The highest BCUT2D eigenvalue weighted by molar-refractivity contribution is 5.64. The van der Waals surface area contributed by atoms with E-state index in [1.54, 1.807) is 18.3 Å². The van der Waals surface area contributed by atoms with Crippen molar-refractivity contribution in [2.75, 3.05) is 44.7 Å². The summed E-state index contributed by atoms with van der Waals surface area (Å²) in [5, 5.41) is 17.5. The van der Waals surface area contributed by atoms with Gasteiger partial charge < -0.3 is 15.2 Å². The molecular formula is C19H23N5O2. The summed E-state index contributed by atoms with van der Waals surface area (Å²) in [6.45, 7) is 5.67. The summed E-state index contributed by atoms with van der Waals surface area (Å²) in [7, 11) is 0. The highest BCUT2D eigenvalue weighted by atomic mass is 16.5. The van der Waals surface area contributed by atoms with Gasteiger partial charge in [-0.2, -0.15) is 0 Å². The van der Waals surface area contributed by atoms with Gasteiger partial charge in [0.15, 0.2) is 5.65 Å². The minimum atomic E-state index is 0.248. The van der Waals surface area contributed by atoms with Crippen LogP contribution >= 0.6 is 0 Å². The summed E-state index contributed by atoms with van der Waals surface area (Å²) in [5.74, 6) is 1.08. The number of nitrogens with one attached hydrogen (secondary N) is 1. The molecule has 2 aromatic heterocycles. The number of fused-ring (bicyclic) bond motifs is 1. The molecule has 3 heterocycles. The van der Waals surface area contributed by atoms with Crippen LogP contribution in [0.15, 0.2) is 42.6 Å². The Hall–Kier alpha value is -2.64. The van der Waals surface area contributed by atoms with Crippen molar-refractivity contribution >= 4 is 11.5 Å². The van der Waals surface area contributed by atoms with Crippen molar-refractivity contribution in [1.29, 1.82) is 0 Å². The summed E-state index contributed by atoms with van der Waals surface area (Å²) >= 11 is 0. The topological polar surface area (TPSA) is 74.9 Å². The lowest BCUT2D eigenvalue weighted by Gasteiger charge is -2.26. The molecule has 136 valence electrons. The molecule has 1 aromatic carbocycles. The zero-order valence-corrected chi connectivity index (χ0v) is 14.6. The largest absolute Gasteiger partial charge is 0.508 e. The van der Waals surface area contributed by atoms with Crippen LogP contribution in [0.5, 0.6) is 5.75 Å². The number of anilines is 1. The first kappa shape index (κ1) is 16.8. The van der Waals surface area contributed by atoms with Crippen molar-refractivity contribution in [3.8, 4) is 17.0 Å². The molecule has 0 unspecified atom stereocenters. The van der Waals surface area contributed by atoms with Crippen LogP contribution in [-0.2, 0) is 4.74 Å². The molecule has 1 fully saturated rings. The number of imidazole rings is 1. The average Bonchev–Trinajstić information content (AvgIpc) is 3.10. The van der Waals surface area contributed by atoms with Gasteiger partial charge in [0, 0.05) is 25.2 Å². The zero-order chi connectivity index (χ0) is 17.8. The van der Waals surface area contributed by atoms with Crippen LogP contribution in [-0.4, -0.2) is 64.0 Å². The number of hydrogen-bond acceptors (Lipinski definition) is 6. The van der Waals surface area contributed by atoms with Gasteiger partial charge in [0.1, 0.15) is 11.6 Å². The molecule has 0 radical (unpaired) electrons. The third-order valence-electron chi connectivity index (χ3n) is 4.59. The molecule has 1 saturated heterocycles. The van der Waals surface area contributed by atoms with Crippen LogP contribution in [0.1, 0.15) is 6.42 Å². The Morgan fingerprint density at radius 3 is 2.69 bits per heavy atom. The van der Waals surface area contributed by atoms with Crippen molar-refractivity contribution in [3.05, 3.63) is 42.6 Å². The molecule has 7 nitrogen and oxygen atoms in total. The summed E-state index contributed by atoms with van der Waals surface area (Å²) in [5.41, 5.74) is 2.66. The molecule has 1 aliphatic heterocycles.